The van der Waals surface area contributed by atoms with Crippen LogP contribution in [-0.2, 0) is 4.74 Å². The zero-order valence-electron chi connectivity index (χ0n) is 16.5. The second-order valence-corrected chi connectivity index (χ2v) is 7.45. The Balaban J connectivity index is 1.49. The Bertz CT molecular complexity index is 966. The largest absolute Gasteiger partial charge is 0.449 e. The van der Waals surface area contributed by atoms with E-state index in [2.05, 4.69) is 36.2 Å². The maximum absolute atomic E-state index is 12.7. The lowest BCUT2D eigenvalue weighted by molar-refractivity contribution is 0.137. The van der Waals surface area contributed by atoms with Gasteiger partial charge in [0.1, 0.15) is 6.61 Å². The van der Waals surface area contributed by atoms with Gasteiger partial charge in [0.05, 0.1) is 6.04 Å². The highest BCUT2D eigenvalue weighted by Crippen LogP contribution is 2.44. The fraction of sp³-hybridized carbons (Fsp3) is 0.192. The summed E-state index contributed by atoms with van der Waals surface area (Å²) in [6, 6.07) is 26.4. The first kappa shape index (κ1) is 19.0. The summed E-state index contributed by atoms with van der Waals surface area (Å²) < 4.78 is 5.70. The van der Waals surface area contributed by atoms with Gasteiger partial charge in [-0.3, -0.25) is 0 Å². The number of carbonyl (C=O) groups is 1. The molecule has 0 unspecified atom stereocenters. The molecule has 0 saturated carbocycles. The van der Waals surface area contributed by atoms with E-state index in [1.165, 1.54) is 22.3 Å². The van der Waals surface area contributed by atoms with Crippen LogP contribution >= 0.6 is 0 Å². The summed E-state index contributed by atoms with van der Waals surface area (Å²) in [5, 5.41) is 3.02. The Morgan fingerprint density at radius 1 is 0.966 bits per heavy atom. The van der Waals surface area contributed by atoms with Gasteiger partial charge < -0.3 is 10.1 Å². The van der Waals surface area contributed by atoms with Gasteiger partial charge in [-0.2, -0.15) is 0 Å². The van der Waals surface area contributed by atoms with E-state index in [1.54, 1.807) is 0 Å². The molecule has 3 aromatic carbocycles. The van der Waals surface area contributed by atoms with Crippen molar-refractivity contribution in [2.75, 3.05) is 6.61 Å². The highest BCUT2D eigenvalue weighted by Gasteiger charge is 2.29. The number of carbonyl (C=O) groups excluding carboxylic acids is 1. The topological polar surface area (TPSA) is 38.3 Å². The van der Waals surface area contributed by atoms with Crippen molar-refractivity contribution in [3.8, 4) is 11.1 Å². The first-order chi connectivity index (χ1) is 14.2. The third-order valence-corrected chi connectivity index (χ3v) is 5.67. The molecule has 4 rings (SSSR count). The third kappa shape index (κ3) is 3.81. The van der Waals surface area contributed by atoms with Gasteiger partial charge in [0.25, 0.3) is 0 Å². The summed E-state index contributed by atoms with van der Waals surface area (Å²) in [7, 11) is 0. The molecule has 2 atom stereocenters. The van der Waals surface area contributed by atoms with Crippen molar-refractivity contribution in [2.24, 2.45) is 5.92 Å². The molecule has 0 bridgehead atoms. The molecule has 1 aliphatic carbocycles. The zero-order chi connectivity index (χ0) is 20.2. The molecule has 0 saturated heterocycles. The molecule has 0 aromatic heterocycles. The van der Waals surface area contributed by atoms with E-state index in [1.807, 2.05) is 67.6 Å². The summed E-state index contributed by atoms with van der Waals surface area (Å²) in [5.74, 6) is 0.137. The highest BCUT2D eigenvalue weighted by molar-refractivity contribution is 5.79. The molecule has 0 aliphatic heterocycles. The smallest absolute Gasteiger partial charge is 0.407 e. The molecule has 0 radical (unpaired) electrons. The quantitative estimate of drug-likeness (QED) is 0.523. The van der Waals surface area contributed by atoms with Gasteiger partial charge in [-0.1, -0.05) is 91.9 Å². The van der Waals surface area contributed by atoms with Gasteiger partial charge in [-0.15, -0.1) is 6.58 Å². The number of ether oxygens (including phenoxy) is 1. The average molecular weight is 383 g/mol. The molecule has 146 valence electrons. The molecule has 1 amide bonds. The van der Waals surface area contributed by atoms with Gasteiger partial charge in [0.2, 0.25) is 0 Å². The lowest BCUT2D eigenvalue weighted by atomic mass is 9.95. The molecular formula is C26H25NO2. The van der Waals surface area contributed by atoms with E-state index in [0.717, 1.165) is 5.56 Å². The predicted molar refractivity (Wildman–Crippen MR) is 117 cm³/mol. The number of alkyl carbamates (subject to hydrolysis) is 1. The molecule has 1 N–H and O–H groups in total. The van der Waals surface area contributed by atoms with Crippen LogP contribution in [0.4, 0.5) is 4.79 Å². The number of hydrogen-bond acceptors (Lipinski definition) is 2. The number of hydrogen-bond donors (Lipinski definition) is 1. The second-order valence-electron chi connectivity index (χ2n) is 7.45. The van der Waals surface area contributed by atoms with Crippen molar-refractivity contribution >= 4 is 6.09 Å². The van der Waals surface area contributed by atoms with Crippen LogP contribution in [0.25, 0.3) is 11.1 Å². The second kappa shape index (κ2) is 8.36. The molecule has 29 heavy (non-hydrogen) atoms. The van der Waals surface area contributed by atoms with Crippen LogP contribution in [0.15, 0.2) is 91.5 Å². The summed E-state index contributed by atoms with van der Waals surface area (Å²) in [5.41, 5.74) is 5.90. The number of fused-ring (bicyclic) bond motifs is 3. The van der Waals surface area contributed by atoms with E-state index in [9.17, 15) is 4.79 Å². The van der Waals surface area contributed by atoms with Crippen LogP contribution in [0.3, 0.4) is 0 Å². The number of nitrogens with one attached hydrogen (secondary N) is 1. The van der Waals surface area contributed by atoms with Crippen molar-refractivity contribution in [3.05, 3.63) is 108 Å². The van der Waals surface area contributed by atoms with Crippen LogP contribution in [0, 0.1) is 5.92 Å². The normalized spacial score (nSPS) is 14.4. The first-order valence-corrected chi connectivity index (χ1v) is 9.98. The fourth-order valence-corrected chi connectivity index (χ4v) is 4.08. The number of benzene rings is 3. The standard InChI is InChI=1S/C26H25NO2/c1-3-18(2)25(19-11-5-4-6-12-19)27-26(28)29-17-24-22-15-9-7-13-20(22)21-14-8-10-16-23(21)24/h3-16,18,24-25H,1,17H2,2H3,(H,27,28)/t18-,25-/m0/s1. The molecule has 3 aromatic rings. The van der Waals surface area contributed by atoms with Crippen LogP contribution in [0.2, 0.25) is 0 Å². The minimum absolute atomic E-state index is 0.0557. The summed E-state index contributed by atoms with van der Waals surface area (Å²) >= 11 is 0. The van der Waals surface area contributed by atoms with Gasteiger partial charge in [-0.25, -0.2) is 4.79 Å². The van der Waals surface area contributed by atoms with Gasteiger partial charge >= 0.3 is 6.09 Å². The predicted octanol–water partition coefficient (Wildman–Crippen LogP) is 6.09. The molecule has 0 fully saturated rings. The van der Waals surface area contributed by atoms with E-state index in [0.29, 0.717) is 6.61 Å². The van der Waals surface area contributed by atoms with E-state index in [-0.39, 0.29) is 17.9 Å². The maximum Gasteiger partial charge on any atom is 0.407 e. The first-order valence-electron chi connectivity index (χ1n) is 9.98. The van der Waals surface area contributed by atoms with Crippen molar-refractivity contribution in [1.29, 1.82) is 0 Å². The van der Waals surface area contributed by atoms with Gasteiger partial charge in [0.15, 0.2) is 0 Å². The SMILES string of the molecule is C=C[C@H](C)[C@H](NC(=O)OCC1c2ccccc2-c2ccccc21)c1ccccc1. The lowest BCUT2D eigenvalue weighted by Gasteiger charge is -2.24. The Hall–Kier alpha value is -3.33. The van der Waals surface area contributed by atoms with Crippen LogP contribution in [0.5, 0.6) is 0 Å². The van der Waals surface area contributed by atoms with Gasteiger partial charge in [0, 0.05) is 5.92 Å². The molecule has 3 heteroatoms. The summed E-state index contributed by atoms with van der Waals surface area (Å²) in [6.07, 6.45) is 1.44. The van der Waals surface area contributed by atoms with Crippen molar-refractivity contribution < 1.29 is 9.53 Å². The fourth-order valence-electron chi connectivity index (χ4n) is 4.08. The van der Waals surface area contributed by atoms with Crippen molar-refractivity contribution in [3.63, 3.8) is 0 Å². The Kier molecular flexibility index (Phi) is 5.48. The molecule has 0 spiro atoms. The molecule has 3 nitrogen and oxygen atoms in total. The van der Waals surface area contributed by atoms with Crippen LogP contribution in [-0.4, -0.2) is 12.7 Å². The lowest BCUT2D eigenvalue weighted by Crippen LogP contribution is -2.33. The number of amides is 1. The van der Waals surface area contributed by atoms with Gasteiger partial charge in [-0.05, 0) is 33.7 Å². The Morgan fingerprint density at radius 2 is 1.52 bits per heavy atom. The van der Waals surface area contributed by atoms with Crippen LogP contribution < -0.4 is 5.32 Å². The highest BCUT2D eigenvalue weighted by atomic mass is 16.5. The summed E-state index contributed by atoms with van der Waals surface area (Å²) in [4.78, 5) is 12.7. The maximum atomic E-state index is 12.7. The van der Waals surface area contributed by atoms with Crippen LogP contribution in [0.1, 0.15) is 35.6 Å². The minimum Gasteiger partial charge on any atom is -0.449 e. The van der Waals surface area contributed by atoms with E-state index >= 15 is 0 Å². The van der Waals surface area contributed by atoms with E-state index in [4.69, 9.17) is 4.74 Å². The molecule has 1 aliphatic rings. The summed E-state index contributed by atoms with van der Waals surface area (Å²) in [6.45, 7) is 6.23. The Labute approximate surface area is 172 Å². The molecular weight excluding hydrogens is 358 g/mol. The molecule has 0 heterocycles. The third-order valence-electron chi connectivity index (χ3n) is 5.67. The Morgan fingerprint density at radius 3 is 2.10 bits per heavy atom. The minimum atomic E-state index is -0.408. The average Bonchev–Trinajstić information content (AvgIpc) is 3.10. The monoisotopic (exact) mass is 383 g/mol. The van der Waals surface area contributed by atoms with E-state index < -0.39 is 6.09 Å². The zero-order valence-corrected chi connectivity index (χ0v) is 16.5. The van der Waals surface area contributed by atoms with Crippen molar-refractivity contribution in [2.45, 2.75) is 18.9 Å². The number of rotatable bonds is 6. The van der Waals surface area contributed by atoms with Crippen molar-refractivity contribution in [1.82, 2.24) is 5.32 Å².